The van der Waals surface area contributed by atoms with Gasteiger partial charge in [0.25, 0.3) is 0 Å². The van der Waals surface area contributed by atoms with Crippen LogP contribution in [0.4, 0.5) is 4.39 Å². The van der Waals surface area contributed by atoms with Crippen molar-refractivity contribution in [2.45, 2.75) is 39.0 Å². The van der Waals surface area contributed by atoms with Gasteiger partial charge in [-0.25, -0.2) is 12.8 Å². The zero-order valence-corrected chi connectivity index (χ0v) is 17.5. The molecule has 7 nitrogen and oxygen atoms in total. The van der Waals surface area contributed by atoms with Crippen LogP contribution in [0, 0.1) is 19.7 Å². The Morgan fingerprint density at radius 1 is 1.25 bits per heavy atom. The van der Waals surface area contributed by atoms with Crippen LogP contribution in [-0.4, -0.2) is 39.4 Å². The number of nitrogens with one attached hydrogen (secondary N) is 2. The molecular weight excluding hydrogens is 383 g/mol. The second kappa shape index (κ2) is 9.68. The van der Waals surface area contributed by atoms with E-state index in [1.54, 1.807) is 7.05 Å². The predicted octanol–water partition coefficient (Wildman–Crippen LogP) is 2.27. The van der Waals surface area contributed by atoms with Crippen LogP contribution in [0.15, 0.2) is 27.7 Å². The van der Waals surface area contributed by atoms with Gasteiger partial charge in [-0.3, -0.25) is 4.99 Å². The zero-order chi connectivity index (χ0) is 20.7. The van der Waals surface area contributed by atoms with Crippen LogP contribution in [0.1, 0.15) is 34.6 Å². The standard InChI is InChI=1S/C19H27FN4O3S/c1-13-18(14(2)27-24-13)6-5-9-22-19(21-3)23-11-16-10-17(20)8-7-15(16)12-28(4,25)26/h7-8,10H,5-6,9,11-12H2,1-4H3,(H2,21,22,23). The fraction of sp³-hybridized carbons (Fsp3) is 0.474. The van der Waals surface area contributed by atoms with E-state index in [0.717, 1.165) is 36.1 Å². The van der Waals surface area contributed by atoms with Gasteiger partial charge < -0.3 is 15.2 Å². The van der Waals surface area contributed by atoms with Crippen LogP contribution in [-0.2, 0) is 28.6 Å². The largest absolute Gasteiger partial charge is 0.361 e. The summed E-state index contributed by atoms with van der Waals surface area (Å²) in [5.41, 5.74) is 3.19. The van der Waals surface area contributed by atoms with Crippen molar-refractivity contribution in [3.63, 3.8) is 0 Å². The normalized spacial score (nSPS) is 12.2. The number of hydrogen-bond acceptors (Lipinski definition) is 5. The molecule has 0 aliphatic carbocycles. The monoisotopic (exact) mass is 410 g/mol. The van der Waals surface area contributed by atoms with E-state index in [0.29, 0.717) is 23.6 Å². The highest BCUT2D eigenvalue weighted by molar-refractivity contribution is 7.89. The molecule has 1 aromatic carbocycles. The predicted molar refractivity (Wildman–Crippen MR) is 107 cm³/mol. The van der Waals surface area contributed by atoms with Crippen LogP contribution >= 0.6 is 0 Å². The minimum absolute atomic E-state index is 0.131. The first-order valence-corrected chi connectivity index (χ1v) is 11.1. The van der Waals surface area contributed by atoms with E-state index < -0.39 is 15.7 Å². The lowest BCUT2D eigenvalue weighted by Crippen LogP contribution is -2.37. The topological polar surface area (TPSA) is 96.6 Å². The van der Waals surface area contributed by atoms with Gasteiger partial charge in [-0.15, -0.1) is 0 Å². The van der Waals surface area contributed by atoms with E-state index in [1.807, 2.05) is 13.8 Å². The summed E-state index contributed by atoms with van der Waals surface area (Å²) in [4.78, 5) is 4.15. The molecule has 154 valence electrons. The lowest BCUT2D eigenvalue weighted by molar-refractivity contribution is 0.392. The molecule has 0 spiro atoms. The number of hydrogen-bond donors (Lipinski definition) is 2. The summed E-state index contributed by atoms with van der Waals surface area (Å²) in [5, 5.41) is 10.2. The van der Waals surface area contributed by atoms with Crippen molar-refractivity contribution in [2.75, 3.05) is 19.8 Å². The summed E-state index contributed by atoms with van der Waals surface area (Å²) in [6.07, 6.45) is 2.86. The molecule has 1 aromatic heterocycles. The Morgan fingerprint density at radius 2 is 2.00 bits per heavy atom. The SMILES string of the molecule is CN=C(NCCCc1c(C)noc1C)NCc1cc(F)ccc1CS(C)(=O)=O. The van der Waals surface area contributed by atoms with Crippen LogP contribution in [0.3, 0.4) is 0 Å². The minimum Gasteiger partial charge on any atom is -0.361 e. The molecule has 0 fully saturated rings. The van der Waals surface area contributed by atoms with Crippen molar-refractivity contribution in [2.24, 2.45) is 4.99 Å². The number of aryl methyl sites for hydroxylation is 2. The third kappa shape index (κ3) is 6.63. The first kappa shape index (κ1) is 21.9. The van der Waals surface area contributed by atoms with E-state index in [-0.39, 0.29) is 12.3 Å². The highest BCUT2D eigenvalue weighted by atomic mass is 32.2. The van der Waals surface area contributed by atoms with Gasteiger partial charge in [0.1, 0.15) is 11.6 Å². The number of nitrogens with zero attached hydrogens (tertiary/aromatic N) is 2. The average molecular weight is 411 g/mol. The van der Waals surface area contributed by atoms with Gasteiger partial charge in [-0.2, -0.15) is 0 Å². The van der Waals surface area contributed by atoms with E-state index in [1.165, 1.54) is 18.2 Å². The summed E-state index contributed by atoms with van der Waals surface area (Å²) in [7, 11) is -1.57. The summed E-state index contributed by atoms with van der Waals surface area (Å²) >= 11 is 0. The number of rotatable bonds is 8. The maximum atomic E-state index is 13.6. The number of benzene rings is 1. The van der Waals surface area contributed by atoms with E-state index >= 15 is 0 Å². The molecule has 0 atom stereocenters. The molecule has 0 saturated carbocycles. The summed E-state index contributed by atoms with van der Waals surface area (Å²) < 4.78 is 41.9. The van der Waals surface area contributed by atoms with Crippen molar-refractivity contribution in [3.05, 3.63) is 52.2 Å². The molecular formula is C19H27FN4O3S. The summed E-state index contributed by atoms with van der Waals surface area (Å²) in [6.45, 7) is 4.78. The second-order valence-electron chi connectivity index (χ2n) is 6.74. The van der Waals surface area contributed by atoms with Crippen molar-refractivity contribution in [1.82, 2.24) is 15.8 Å². The van der Waals surface area contributed by atoms with Crippen LogP contribution < -0.4 is 10.6 Å². The molecule has 0 radical (unpaired) electrons. The highest BCUT2D eigenvalue weighted by Crippen LogP contribution is 2.15. The number of guanidine groups is 1. The molecule has 1 heterocycles. The number of halogens is 1. The number of sulfone groups is 1. The maximum Gasteiger partial charge on any atom is 0.191 e. The molecule has 0 bridgehead atoms. The van der Waals surface area contributed by atoms with Crippen molar-refractivity contribution < 1.29 is 17.3 Å². The van der Waals surface area contributed by atoms with Gasteiger partial charge in [0, 0.05) is 32.0 Å². The van der Waals surface area contributed by atoms with Crippen LogP contribution in [0.5, 0.6) is 0 Å². The summed E-state index contributed by atoms with van der Waals surface area (Å²) in [6, 6.07) is 4.12. The van der Waals surface area contributed by atoms with Crippen molar-refractivity contribution in [3.8, 4) is 0 Å². The van der Waals surface area contributed by atoms with Crippen LogP contribution in [0.25, 0.3) is 0 Å². The molecule has 2 N–H and O–H groups in total. The van der Waals surface area contributed by atoms with Gasteiger partial charge in [0.15, 0.2) is 15.8 Å². The molecule has 2 rings (SSSR count). The van der Waals surface area contributed by atoms with E-state index in [2.05, 4.69) is 20.8 Å². The maximum absolute atomic E-state index is 13.6. The molecule has 0 aliphatic heterocycles. The van der Waals surface area contributed by atoms with Crippen molar-refractivity contribution in [1.29, 1.82) is 0 Å². The van der Waals surface area contributed by atoms with Gasteiger partial charge in [0.05, 0.1) is 11.4 Å². The lowest BCUT2D eigenvalue weighted by Gasteiger charge is -2.14. The highest BCUT2D eigenvalue weighted by Gasteiger charge is 2.12. The fourth-order valence-electron chi connectivity index (χ4n) is 2.91. The van der Waals surface area contributed by atoms with Gasteiger partial charge in [-0.1, -0.05) is 11.2 Å². The molecule has 0 amide bonds. The summed E-state index contributed by atoms with van der Waals surface area (Å²) in [5.74, 6) is 0.864. The number of aromatic nitrogens is 1. The molecule has 28 heavy (non-hydrogen) atoms. The molecule has 0 saturated heterocycles. The van der Waals surface area contributed by atoms with E-state index in [4.69, 9.17) is 4.52 Å². The van der Waals surface area contributed by atoms with Gasteiger partial charge >= 0.3 is 0 Å². The molecule has 0 unspecified atom stereocenters. The molecule has 0 aliphatic rings. The van der Waals surface area contributed by atoms with Gasteiger partial charge in [0.2, 0.25) is 0 Å². The zero-order valence-electron chi connectivity index (χ0n) is 16.7. The third-order valence-corrected chi connectivity index (χ3v) is 5.17. The Morgan fingerprint density at radius 3 is 2.61 bits per heavy atom. The molecule has 9 heteroatoms. The van der Waals surface area contributed by atoms with Crippen molar-refractivity contribution >= 4 is 15.8 Å². The minimum atomic E-state index is -3.21. The third-order valence-electron chi connectivity index (χ3n) is 4.33. The Balaban J connectivity index is 1.89. The smallest absolute Gasteiger partial charge is 0.191 e. The number of aliphatic imine (C=N–C) groups is 1. The molecule has 2 aromatic rings. The Kier molecular flexibility index (Phi) is 7.56. The first-order valence-electron chi connectivity index (χ1n) is 9.01. The second-order valence-corrected chi connectivity index (χ2v) is 8.88. The lowest BCUT2D eigenvalue weighted by atomic mass is 10.1. The fourth-order valence-corrected chi connectivity index (χ4v) is 3.76. The Hall–Kier alpha value is -2.42. The van der Waals surface area contributed by atoms with Crippen LogP contribution in [0.2, 0.25) is 0 Å². The Labute approximate surface area is 165 Å². The first-order chi connectivity index (χ1) is 13.2. The van der Waals surface area contributed by atoms with Gasteiger partial charge in [-0.05, 0) is 49.9 Å². The average Bonchev–Trinajstić information content (AvgIpc) is 2.93. The Bertz CT molecular complexity index is 919. The quantitative estimate of drug-likeness (QED) is 0.394. The van der Waals surface area contributed by atoms with E-state index in [9.17, 15) is 12.8 Å².